The monoisotopic (exact) mass is 425 g/mol. The Labute approximate surface area is 180 Å². The predicted molar refractivity (Wildman–Crippen MR) is 111 cm³/mol. The third kappa shape index (κ3) is 3.71. The van der Waals surface area contributed by atoms with Crippen LogP contribution in [-0.4, -0.2) is 50.6 Å². The van der Waals surface area contributed by atoms with E-state index < -0.39 is 24.4 Å². The van der Waals surface area contributed by atoms with E-state index in [1.54, 1.807) is 18.4 Å². The third-order valence-electron chi connectivity index (χ3n) is 6.55. The van der Waals surface area contributed by atoms with Crippen LogP contribution >= 0.6 is 0 Å². The second-order valence-corrected chi connectivity index (χ2v) is 8.55. The van der Waals surface area contributed by atoms with Crippen LogP contribution in [0.25, 0.3) is 0 Å². The Morgan fingerprint density at radius 3 is 2.55 bits per heavy atom. The molecule has 2 fully saturated rings. The lowest BCUT2D eigenvalue weighted by Gasteiger charge is -2.34. The van der Waals surface area contributed by atoms with Crippen LogP contribution in [0.4, 0.5) is 4.79 Å². The number of carbonyl (C=O) groups excluding carboxylic acids is 4. The SMILES string of the molecule is Cc1cc(C(=O)CN2C(=O)C(=O)N([C@@H]3CCCC[C@H]3C)C2=O)c(C)n1Cc1ccco1. The number of aromatic nitrogens is 1. The Morgan fingerprint density at radius 1 is 1.13 bits per heavy atom. The fourth-order valence-electron chi connectivity index (χ4n) is 4.75. The Balaban J connectivity index is 1.53. The van der Waals surface area contributed by atoms with E-state index in [0.29, 0.717) is 18.5 Å². The van der Waals surface area contributed by atoms with Crippen LogP contribution < -0.4 is 0 Å². The number of ketones is 1. The Kier molecular flexibility index (Phi) is 5.56. The molecule has 4 rings (SSSR count). The van der Waals surface area contributed by atoms with E-state index in [9.17, 15) is 19.2 Å². The van der Waals surface area contributed by atoms with Gasteiger partial charge in [-0.2, -0.15) is 0 Å². The van der Waals surface area contributed by atoms with Crippen LogP contribution in [0.5, 0.6) is 0 Å². The molecule has 2 atom stereocenters. The van der Waals surface area contributed by atoms with Crippen LogP contribution in [-0.2, 0) is 16.1 Å². The maximum Gasteiger partial charge on any atom is 0.334 e. The summed E-state index contributed by atoms with van der Waals surface area (Å²) < 4.78 is 7.34. The van der Waals surface area contributed by atoms with E-state index in [-0.39, 0.29) is 17.7 Å². The zero-order chi connectivity index (χ0) is 22.3. The summed E-state index contributed by atoms with van der Waals surface area (Å²) in [6.07, 6.45) is 5.17. The first-order chi connectivity index (χ1) is 14.8. The number of nitrogens with zero attached hydrogens (tertiary/aromatic N) is 3. The second-order valence-electron chi connectivity index (χ2n) is 8.55. The van der Waals surface area contributed by atoms with Crippen LogP contribution in [0.15, 0.2) is 28.9 Å². The number of imide groups is 2. The molecule has 0 N–H and O–H groups in total. The first kappa shape index (κ1) is 21.1. The van der Waals surface area contributed by atoms with E-state index in [0.717, 1.165) is 46.2 Å². The molecular weight excluding hydrogens is 398 g/mol. The van der Waals surface area contributed by atoms with Crippen molar-refractivity contribution in [2.75, 3.05) is 6.54 Å². The van der Waals surface area contributed by atoms with Gasteiger partial charge in [0.15, 0.2) is 5.78 Å². The van der Waals surface area contributed by atoms with E-state index >= 15 is 0 Å². The van der Waals surface area contributed by atoms with Crippen molar-refractivity contribution in [2.45, 2.75) is 59.0 Å². The molecule has 2 aromatic heterocycles. The van der Waals surface area contributed by atoms with Gasteiger partial charge in [-0.1, -0.05) is 19.8 Å². The smallest absolute Gasteiger partial charge is 0.334 e. The Hall–Kier alpha value is -3.16. The predicted octanol–water partition coefficient (Wildman–Crippen LogP) is 3.30. The molecule has 1 saturated heterocycles. The van der Waals surface area contributed by atoms with E-state index in [2.05, 4.69) is 0 Å². The standard InChI is InChI=1S/C23H27N3O5/c1-14-7-4-5-9-19(14)26-22(29)21(28)25(23(26)30)13-20(27)18-11-15(2)24(16(18)3)12-17-8-6-10-31-17/h6,8,10-11,14,19H,4-5,7,9,12-13H2,1-3H3/t14-,19-/m1/s1. The summed E-state index contributed by atoms with van der Waals surface area (Å²) in [5.74, 6) is -1.20. The van der Waals surface area contributed by atoms with Gasteiger partial charge in [-0.15, -0.1) is 0 Å². The third-order valence-corrected chi connectivity index (χ3v) is 6.55. The highest BCUT2D eigenvalue weighted by molar-refractivity contribution is 6.45. The van der Waals surface area contributed by atoms with Crippen molar-refractivity contribution in [1.82, 2.24) is 14.4 Å². The topological polar surface area (TPSA) is 92.8 Å². The maximum absolute atomic E-state index is 13.0. The average molecular weight is 425 g/mol. The summed E-state index contributed by atoms with van der Waals surface area (Å²) in [5, 5.41) is 0. The molecule has 4 amide bonds. The highest BCUT2D eigenvalue weighted by Crippen LogP contribution is 2.31. The number of hydrogen-bond donors (Lipinski definition) is 0. The molecule has 0 bridgehead atoms. The first-order valence-corrected chi connectivity index (χ1v) is 10.7. The van der Waals surface area contributed by atoms with Crippen molar-refractivity contribution in [2.24, 2.45) is 5.92 Å². The van der Waals surface area contributed by atoms with E-state index in [1.807, 2.05) is 31.4 Å². The molecule has 1 saturated carbocycles. The van der Waals surface area contributed by atoms with Gasteiger partial charge in [-0.3, -0.25) is 19.3 Å². The second kappa shape index (κ2) is 8.17. The van der Waals surface area contributed by atoms with Crippen LogP contribution in [0.1, 0.15) is 60.1 Å². The lowest BCUT2D eigenvalue weighted by Crippen LogP contribution is -2.46. The molecule has 0 unspecified atom stereocenters. The van der Waals surface area contributed by atoms with E-state index in [1.165, 1.54) is 0 Å². The van der Waals surface area contributed by atoms with Crippen molar-refractivity contribution in [3.63, 3.8) is 0 Å². The summed E-state index contributed by atoms with van der Waals surface area (Å²) in [6.45, 7) is 5.74. The lowest BCUT2D eigenvalue weighted by atomic mass is 9.85. The highest BCUT2D eigenvalue weighted by Gasteiger charge is 2.49. The molecule has 3 heterocycles. The molecular formula is C23H27N3O5. The quantitative estimate of drug-likeness (QED) is 0.402. The number of amides is 4. The van der Waals surface area contributed by atoms with Crippen molar-refractivity contribution >= 4 is 23.6 Å². The molecule has 2 aliphatic rings. The lowest BCUT2D eigenvalue weighted by molar-refractivity contribution is -0.144. The van der Waals surface area contributed by atoms with Crippen molar-refractivity contribution in [3.05, 3.63) is 47.2 Å². The number of Topliss-reactive ketones (excluding diaryl/α,β-unsaturated/α-hetero) is 1. The number of hydrogen-bond acceptors (Lipinski definition) is 5. The van der Waals surface area contributed by atoms with Crippen LogP contribution in [0.3, 0.4) is 0 Å². The first-order valence-electron chi connectivity index (χ1n) is 10.7. The summed E-state index contributed by atoms with van der Waals surface area (Å²) >= 11 is 0. The molecule has 8 heteroatoms. The van der Waals surface area contributed by atoms with Gasteiger partial charge in [-0.05, 0) is 50.8 Å². The Morgan fingerprint density at radius 2 is 1.87 bits per heavy atom. The minimum absolute atomic E-state index is 0.144. The molecule has 0 spiro atoms. The van der Waals surface area contributed by atoms with Crippen LogP contribution in [0.2, 0.25) is 0 Å². The highest BCUT2D eigenvalue weighted by atomic mass is 16.3. The number of aryl methyl sites for hydroxylation is 1. The zero-order valence-corrected chi connectivity index (χ0v) is 18.1. The average Bonchev–Trinajstić information content (AvgIpc) is 3.41. The van der Waals surface area contributed by atoms with Crippen molar-refractivity contribution < 1.29 is 23.6 Å². The van der Waals surface area contributed by atoms with Crippen LogP contribution in [0, 0.1) is 19.8 Å². The minimum atomic E-state index is -0.916. The molecule has 31 heavy (non-hydrogen) atoms. The van der Waals surface area contributed by atoms with Gasteiger partial charge in [0.05, 0.1) is 19.4 Å². The summed E-state index contributed by atoms with van der Waals surface area (Å²) in [7, 11) is 0. The van der Waals surface area contributed by atoms with Gasteiger partial charge in [0.25, 0.3) is 0 Å². The van der Waals surface area contributed by atoms with E-state index in [4.69, 9.17) is 4.42 Å². The van der Waals surface area contributed by atoms with Gasteiger partial charge in [0.1, 0.15) is 5.76 Å². The molecule has 2 aromatic rings. The minimum Gasteiger partial charge on any atom is -0.467 e. The number of furan rings is 1. The number of carbonyl (C=O) groups is 4. The van der Waals surface area contributed by atoms with Gasteiger partial charge in [0, 0.05) is 23.0 Å². The number of urea groups is 1. The summed E-state index contributed by atoms with van der Waals surface area (Å²) in [5.41, 5.74) is 2.02. The van der Waals surface area contributed by atoms with Gasteiger partial charge in [0.2, 0.25) is 0 Å². The molecule has 8 nitrogen and oxygen atoms in total. The van der Waals surface area contributed by atoms with Gasteiger partial charge < -0.3 is 8.98 Å². The number of rotatable bonds is 6. The zero-order valence-electron chi connectivity index (χ0n) is 18.1. The molecule has 164 valence electrons. The fourth-order valence-corrected chi connectivity index (χ4v) is 4.75. The van der Waals surface area contributed by atoms with Gasteiger partial charge >= 0.3 is 17.8 Å². The summed E-state index contributed by atoms with van der Waals surface area (Å²) in [6, 6.07) is 4.45. The summed E-state index contributed by atoms with van der Waals surface area (Å²) in [4.78, 5) is 53.0. The molecule has 0 radical (unpaired) electrons. The molecule has 1 aliphatic carbocycles. The van der Waals surface area contributed by atoms with Crippen molar-refractivity contribution in [1.29, 1.82) is 0 Å². The normalized spacial score (nSPS) is 22.0. The fraction of sp³-hybridized carbons (Fsp3) is 0.478. The van der Waals surface area contributed by atoms with Gasteiger partial charge in [-0.25, -0.2) is 9.69 Å². The largest absolute Gasteiger partial charge is 0.467 e. The van der Waals surface area contributed by atoms with Crippen molar-refractivity contribution in [3.8, 4) is 0 Å². The Bertz CT molecular complexity index is 1040. The molecule has 1 aliphatic heterocycles. The maximum atomic E-state index is 13.0. The molecule has 0 aromatic carbocycles.